The third-order valence-corrected chi connectivity index (χ3v) is 3.52. The first-order valence-electron chi connectivity index (χ1n) is 7.40. The standard InChI is InChI=1S/C15H32O/c1-4-6-8-9-10-11-13-15(16)14(3)12-7-5-2/h14-16H,4-13H2,1-3H3. The number of aliphatic hydroxyl groups excluding tert-OH is 1. The van der Waals surface area contributed by atoms with Crippen molar-refractivity contribution in [2.75, 3.05) is 0 Å². The third kappa shape index (κ3) is 9.21. The molecule has 0 bridgehead atoms. The first-order valence-corrected chi connectivity index (χ1v) is 7.40. The van der Waals surface area contributed by atoms with Crippen molar-refractivity contribution in [1.82, 2.24) is 0 Å². The normalized spacial score (nSPS) is 15.0. The number of hydrogen-bond donors (Lipinski definition) is 1. The zero-order valence-corrected chi connectivity index (χ0v) is 11.7. The fourth-order valence-corrected chi connectivity index (χ4v) is 2.14. The summed E-state index contributed by atoms with van der Waals surface area (Å²) in [5, 5.41) is 9.95. The molecule has 1 heteroatoms. The maximum atomic E-state index is 9.95. The molecule has 0 saturated heterocycles. The van der Waals surface area contributed by atoms with Crippen LogP contribution < -0.4 is 0 Å². The van der Waals surface area contributed by atoms with Crippen molar-refractivity contribution in [2.24, 2.45) is 5.92 Å². The van der Waals surface area contributed by atoms with Gasteiger partial charge in [0.25, 0.3) is 0 Å². The Balaban J connectivity index is 3.31. The fraction of sp³-hybridized carbons (Fsp3) is 1.00. The molecule has 0 rings (SSSR count). The van der Waals surface area contributed by atoms with Gasteiger partial charge in [-0.15, -0.1) is 0 Å². The molecule has 0 saturated carbocycles. The summed E-state index contributed by atoms with van der Waals surface area (Å²) in [5.74, 6) is 0.496. The van der Waals surface area contributed by atoms with Gasteiger partial charge in [0, 0.05) is 0 Å². The van der Waals surface area contributed by atoms with Crippen molar-refractivity contribution >= 4 is 0 Å². The van der Waals surface area contributed by atoms with E-state index in [1.54, 1.807) is 0 Å². The smallest absolute Gasteiger partial charge is 0.0565 e. The maximum Gasteiger partial charge on any atom is 0.0565 e. The fourth-order valence-electron chi connectivity index (χ4n) is 2.14. The van der Waals surface area contributed by atoms with Gasteiger partial charge in [-0.05, 0) is 18.8 Å². The Morgan fingerprint density at radius 1 is 0.750 bits per heavy atom. The highest BCUT2D eigenvalue weighted by atomic mass is 16.3. The van der Waals surface area contributed by atoms with Gasteiger partial charge in [0.1, 0.15) is 0 Å². The van der Waals surface area contributed by atoms with E-state index >= 15 is 0 Å². The van der Waals surface area contributed by atoms with Crippen LogP contribution in [0, 0.1) is 5.92 Å². The van der Waals surface area contributed by atoms with Crippen LogP contribution in [-0.4, -0.2) is 11.2 Å². The summed E-state index contributed by atoms with van der Waals surface area (Å²) in [6.07, 6.45) is 12.6. The second-order valence-corrected chi connectivity index (χ2v) is 5.24. The average Bonchev–Trinajstić information content (AvgIpc) is 2.30. The Morgan fingerprint density at radius 2 is 1.31 bits per heavy atom. The Labute approximate surface area is 103 Å². The summed E-state index contributed by atoms with van der Waals surface area (Å²) in [5.41, 5.74) is 0. The largest absolute Gasteiger partial charge is 0.393 e. The molecular formula is C15H32O. The molecule has 0 aromatic carbocycles. The van der Waals surface area contributed by atoms with Crippen molar-refractivity contribution in [3.8, 4) is 0 Å². The zero-order chi connectivity index (χ0) is 12.2. The lowest BCUT2D eigenvalue weighted by Crippen LogP contribution is -2.17. The molecule has 0 amide bonds. The monoisotopic (exact) mass is 228 g/mol. The third-order valence-electron chi connectivity index (χ3n) is 3.52. The van der Waals surface area contributed by atoms with Crippen LogP contribution in [0.4, 0.5) is 0 Å². The van der Waals surface area contributed by atoms with Gasteiger partial charge >= 0.3 is 0 Å². The van der Waals surface area contributed by atoms with Crippen LogP contribution in [-0.2, 0) is 0 Å². The molecule has 2 atom stereocenters. The molecule has 0 aromatic heterocycles. The zero-order valence-electron chi connectivity index (χ0n) is 11.7. The van der Waals surface area contributed by atoms with Crippen molar-refractivity contribution < 1.29 is 5.11 Å². The van der Waals surface area contributed by atoms with E-state index in [9.17, 15) is 5.11 Å². The van der Waals surface area contributed by atoms with Crippen LogP contribution >= 0.6 is 0 Å². The molecule has 0 fully saturated rings. The van der Waals surface area contributed by atoms with E-state index in [0.717, 1.165) is 6.42 Å². The van der Waals surface area contributed by atoms with Gasteiger partial charge in [-0.1, -0.05) is 72.1 Å². The molecule has 0 aliphatic heterocycles. The molecule has 98 valence electrons. The molecule has 0 radical (unpaired) electrons. The van der Waals surface area contributed by atoms with E-state index in [4.69, 9.17) is 0 Å². The second kappa shape index (κ2) is 11.4. The minimum atomic E-state index is -0.0577. The number of aliphatic hydroxyl groups is 1. The summed E-state index contributed by atoms with van der Waals surface area (Å²) in [6, 6.07) is 0. The van der Waals surface area contributed by atoms with Crippen LogP contribution in [0.3, 0.4) is 0 Å². The SMILES string of the molecule is CCCCCCCCC(O)C(C)CCCC. The molecule has 0 aliphatic carbocycles. The van der Waals surface area contributed by atoms with Gasteiger partial charge in [-0.2, -0.15) is 0 Å². The van der Waals surface area contributed by atoms with Crippen LogP contribution in [0.15, 0.2) is 0 Å². The van der Waals surface area contributed by atoms with Crippen molar-refractivity contribution in [2.45, 2.75) is 91.1 Å². The Bertz CT molecular complexity index is 133. The van der Waals surface area contributed by atoms with E-state index in [1.807, 2.05) is 0 Å². The highest BCUT2D eigenvalue weighted by molar-refractivity contribution is 4.64. The lowest BCUT2D eigenvalue weighted by molar-refractivity contribution is 0.0988. The number of rotatable bonds is 11. The van der Waals surface area contributed by atoms with Gasteiger partial charge in [0.05, 0.1) is 6.10 Å². The van der Waals surface area contributed by atoms with Gasteiger partial charge < -0.3 is 5.11 Å². The van der Waals surface area contributed by atoms with E-state index in [0.29, 0.717) is 5.92 Å². The Morgan fingerprint density at radius 3 is 1.94 bits per heavy atom. The molecule has 2 unspecified atom stereocenters. The minimum Gasteiger partial charge on any atom is -0.393 e. The molecule has 0 spiro atoms. The highest BCUT2D eigenvalue weighted by Gasteiger charge is 2.12. The van der Waals surface area contributed by atoms with Crippen LogP contribution in [0.5, 0.6) is 0 Å². The van der Waals surface area contributed by atoms with Crippen LogP contribution in [0.1, 0.15) is 85.0 Å². The molecule has 1 nitrogen and oxygen atoms in total. The van der Waals surface area contributed by atoms with E-state index < -0.39 is 0 Å². The molecule has 0 heterocycles. The molecule has 1 N–H and O–H groups in total. The first-order chi connectivity index (χ1) is 7.72. The summed E-state index contributed by atoms with van der Waals surface area (Å²) in [4.78, 5) is 0. The quantitative estimate of drug-likeness (QED) is 0.497. The lowest BCUT2D eigenvalue weighted by Gasteiger charge is -2.18. The molecule has 0 aliphatic rings. The van der Waals surface area contributed by atoms with E-state index in [1.165, 1.54) is 57.8 Å². The maximum absolute atomic E-state index is 9.95. The highest BCUT2D eigenvalue weighted by Crippen LogP contribution is 2.17. The molecule has 16 heavy (non-hydrogen) atoms. The second-order valence-electron chi connectivity index (χ2n) is 5.24. The Hall–Kier alpha value is -0.0400. The van der Waals surface area contributed by atoms with Crippen LogP contribution in [0.25, 0.3) is 0 Å². The van der Waals surface area contributed by atoms with E-state index in [-0.39, 0.29) is 6.10 Å². The minimum absolute atomic E-state index is 0.0577. The molecule has 0 aromatic rings. The van der Waals surface area contributed by atoms with Gasteiger partial charge in [0.2, 0.25) is 0 Å². The number of hydrogen-bond acceptors (Lipinski definition) is 1. The average molecular weight is 228 g/mol. The predicted molar refractivity (Wildman–Crippen MR) is 72.7 cm³/mol. The number of unbranched alkanes of at least 4 members (excludes halogenated alkanes) is 6. The Kier molecular flexibility index (Phi) is 11.4. The summed E-state index contributed by atoms with van der Waals surface area (Å²) in [6.45, 7) is 6.66. The van der Waals surface area contributed by atoms with E-state index in [2.05, 4.69) is 20.8 Å². The summed E-state index contributed by atoms with van der Waals surface area (Å²) in [7, 11) is 0. The van der Waals surface area contributed by atoms with Crippen molar-refractivity contribution in [3.05, 3.63) is 0 Å². The van der Waals surface area contributed by atoms with Gasteiger partial charge in [-0.3, -0.25) is 0 Å². The topological polar surface area (TPSA) is 20.2 Å². The van der Waals surface area contributed by atoms with Crippen molar-refractivity contribution in [3.63, 3.8) is 0 Å². The van der Waals surface area contributed by atoms with Gasteiger partial charge in [0.15, 0.2) is 0 Å². The van der Waals surface area contributed by atoms with Crippen LogP contribution in [0.2, 0.25) is 0 Å². The van der Waals surface area contributed by atoms with Gasteiger partial charge in [-0.25, -0.2) is 0 Å². The first kappa shape index (κ1) is 16.0. The summed E-state index contributed by atoms with van der Waals surface area (Å²) >= 11 is 0. The summed E-state index contributed by atoms with van der Waals surface area (Å²) < 4.78 is 0. The predicted octanol–water partition coefficient (Wildman–Crippen LogP) is 4.92. The molecular weight excluding hydrogens is 196 g/mol. The lowest BCUT2D eigenvalue weighted by atomic mass is 9.94. The van der Waals surface area contributed by atoms with Crippen molar-refractivity contribution in [1.29, 1.82) is 0 Å².